The van der Waals surface area contributed by atoms with E-state index in [1.807, 2.05) is 11.9 Å². The van der Waals surface area contributed by atoms with Crippen molar-refractivity contribution in [2.75, 3.05) is 20.8 Å². The van der Waals surface area contributed by atoms with Gasteiger partial charge >= 0.3 is 6.18 Å². The third-order valence-electron chi connectivity index (χ3n) is 5.31. The van der Waals surface area contributed by atoms with E-state index in [1.165, 1.54) is 25.2 Å². The van der Waals surface area contributed by atoms with E-state index in [0.29, 0.717) is 29.5 Å². The van der Waals surface area contributed by atoms with Gasteiger partial charge in [0, 0.05) is 25.7 Å². The number of carbonyl (C=O) groups is 1. The van der Waals surface area contributed by atoms with Gasteiger partial charge < -0.3 is 25.6 Å². The number of benzene rings is 1. The average molecular weight is 470 g/mol. The number of dihydropyridines is 1. The van der Waals surface area contributed by atoms with E-state index in [4.69, 9.17) is 10.1 Å². The summed E-state index contributed by atoms with van der Waals surface area (Å²) in [7, 11) is 3.29. The quantitative estimate of drug-likeness (QED) is 0.502. The Balaban J connectivity index is 1.64. The summed E-state index contributed by atoms with van der Waals surface area (Å²) in [6, 6.07) is 8.40. The van der Waals surface area contributed by atoms with Crippen LogP contribution in [0.2, 0.25) is 0 Å². The summed E-state index contributed by atoms with van der Waals surface area (Å²) >= 11 is 0. The minimum atomic E-state index is -4.67. The number of halogens is 3. The minimum absolute atomic E-state index is 0.139. The maximum Gasteiger partial charge on any atom is 0.419 e. The molecule has 176 valence electrons. The second-order valence-electron chi connectivity index (χ2n) is 7.57. The molecule has 1 amide bonds. The van der Waals surface area contributed by atoms with Gasteiger partial charge in [-0.1, -0.05) is 6.07 Å². The third kappa shape index (κ3) is 4.46. The van der Waals surface area contributed by atoms with Crippen LogP contribution in [0.4, 0.5) is 13.2 Å². The molecule has 0 saturated heterocycles. The molecule has 3 heterocycles. The Kier molecular flexibility index (Phi) is 6.04. The minimum Gasteiger partial charge on any atom is -0.487 e. The van der Waals surface area contributed by atoms with Gasteiger partial charge in [-0.05, 0) is 42.0 Å². The molecular weight excluding hydrogens is 449 g/mol. The summed E-state index contributed by atoms with van der Waals surface area (Å²) in [6.07, 6.45) is -2.95. The Bertz CT molecular complexity index is 1260. The number of nitrogens with zero attached hydrogens (tertiary/aromatic N) is 2. The zero-order valence-electron chi connectivity index (χ0n) is 18.3. The highest BCUT2D eigenvalue weighted by Gasteiger charge is 2.35. The van der Waals surface area contributed by atoms with Crippen molar-refractivity contribution < 1.29 is 22.7 Å². The molecule has 4 N–H and O–H groups in total. The van der Waals surface area contributed by atoms with Gasteiger partial charge in [0.15, 0.2) is 0 Å². The van der Waals surface area contributed by atoms with E-state index in [1.54, 1.807) is 18.2 Å². The van der Waals surface area contributed by atoms with Gasteiger partial charge in [0.2, 0.25) is 0 Å². The lowest BCUT2D eigenvalue weighted by Gasteiger charge is -2.22. The zero-order valence-corrected chi connectivity index (χ0v) is 18.3. The maximum absolute atomic E-state index is 13.9. The van der Waals surface area contributed by atoms with E-state index in [-0.39, 0.29) is 23.6 Å². The van der Waals surface area contributed by atoms with Crippen molar-refractivity contribution in [2.24, 2.45) is 0 Å². The molecule has 34 heavy (non-hydrogen) atoms. The Morgan fingerprint density at radius 3 is 2.82 bits per heavy atom. The molecule has 2 aromatic rings. The number of ether oxygens (including phenoxy) is 1. The number of rotatable bonds is 5. The SMILES string of the molecule is CNC(=O)c1cccc(COc2ccc(C3=CC4=C(NCN4C)C(=C=N)N3)cc2C(F)(F)F)n1. The molecule has 0 spiro atoms. The maximum atomic E-state index is 13.9. The lowest BCUT2D eigenvalue weighted by Crippen LogP contribution is -2.23. The molecule has 0 radical (unpaired) electrons. The number of pyridine rings is 1. The Morgan fingerprint density at radius 2 is 2.12 bits per heavy atom. The predicted molar refractivity (Wildman–Crippen MR) is 119 cm³/mol. The number of alkyl halides is 3. The Morgan fingerprint density at radius 1 is 1.32 bits per heavy atom. The molecule has 0 bridgehead atoms. The van der Waals surface area contributed by atoms with Crippen LogP contribution in [0.3, 0.4) is 0 Å². The van der Waals surface area contributed by atoms with Crippen LogP contribution < -0.4 is 20.7 Å². The van der Waals surface area contributed by atoms with E-state index in [9.17, 15) is 18.0 Å². The Hall–Kier alpha value is -4.24. The van der Waals surface area contributed by atoms with E-state index in [2.05, 4.69) is 26.8 Å². The van der Waals surface area contributed by atoms with Crippen molar-refractivity contribution in [1.29, 1.82) is 5.41 Å². The monoisotopic (exact) mass is 470 g/mol. The first-order valence-electron chi connectivity index (χ1n) is 10.2. The topological polar surface area (TPSA) is 102 Å². The molecule has 0 atom stereocenters. The number of carbonyl (C=O) groups excluding carboxylic acids is 1. The lowest BCUT2D eigenvalue weighted by molar-refractivity contribution is -0.139. The Labute approximate surface area is 193 Å². The fraction of sp³-hybridized carbons (Fsp3) is 0.217. The van der Waals surface area contributed by atoms with Crippen LogP contribution in [0.5, 0.6) is 5.75 Å². The van der Waals surface area contributed by atoms with Gasteiger partial charge in [0.25, 0.3) is 5.91 Å². The summed E-state index contributed by atoms with van der Waals surface area (Å²) in [5, 5.41) is 16.1. The van der Waals surface area contributed by atoms with Gasteiger partial charge in [-0.25, -0.2) is 4.98 Å². The van der Waals surface area contributed by atoms with Crippen molar-refractivity contribution in [3.05, 3.63) is 82.1 Å². The normalized spacial score (nSPS) is 15.1. The summed E-state index contributed by atoms with van der Waals surface area (Å²) in [5.74, 6) is 1.53. The molecule has 4 rings (SSSR count). The lowest BCUT2D eigenvalue weighted by atomic mass is 10.0. The second-order valence-corrected chi connectivity index (χ2v) is 7.57. The van der Waals surface area contributed by atoms with Crippen LogP contribution in [-0.2, 0) is 12.8 Å². The summed E-state index contributed by atoms with van der Waals surface area (Å²) in [6.45, 7) is 0.263. The molecule has 2 aliphatic heterocycles. The molecule has 1 aromatic carbocycles. The number of hydrogen-bond donors (Lipinski definition) is 4. The first-order chi connectivity index (χ1) is 16.2. The molecule has 2 aliphatic rings. The van der Waals surface area contributed by atoms with Crippen LogP contribution in [0.1, 0.15) is 27.3 Å². The number of allylic oxidation sites excluding steroid dienone is 1. The van der Waals surface area contributed by atoms with Crippen molar-refractivity contribution in [2.45, 2.75) is 12.8 Å². The highest BCUT2D eigenvalue weighted by molar-refractivity contribution is 5.92. The third-order valence-corrected chi connectivity index (χ3v) is 5.31. The van der Waals surface area contributed by atoms with Gasteiger partial charge in [0.05, 0.1) is 29.3 Å². The van der Waals surface area contributed by atoms with Crippen molar-refractivity contribution in [1.82, 2.24) is 25.8 Å². The molecular formula is C23H21F3N6O2. The van der Waals surface area contributed by atoms with Crippen molar-refractivity contribution in [3.63, 3.8) is 0 Å². The van der Waals surface area contributed by atoms with Crippen LogP contribution in [0, 0.1) is 5.41 Å². The molecule has 0 fully saturated rings. The summed E-state index contributed by atoms with van der Waals surface area (Å²) in [5.41, 5.74) is 1.94. The number of amides is 1. The van der Waals surface area contributed by atoms with E-state index < -0.39 is 17.6 Å². The van der Waals surface area contributed by atoms with Crippen molar-refractivity contribution in [3.8, 4) is 5.75 Å². The van der Waals surface area contributed by atoms with Crippen molar-refractivity contribution >= 4 is 17.5 Å². The van der Waals surface area contributed by atoms with Crippen LogP contribution in [-0.4, -0.2) is 42.4 Å². The average Bonchev–Trinajstić information content (AvgIpc) is 3.21. The predicted octanol–water partition coefficient (Wildman–Crippen LogP) is 2.82. The van der Waals surface area contributed by atoms with Crippen LogP contribution in [0.15, 0.2) is 59.6 Å². The van der Waals surface area contributed by atoms with Gasteiger partial charge in [-0.15, -0.1) is 0 Å². The molecule has 0 saturated carbocycles. The fourth-order valence-corrected chi connectivity index (χ4v) is 3.59. The number of aromatic nitrogens is 1. The summed E-state index contributed by atoms with van der Waals surface area (Å²) in [4.78, 5) is 17.7. The number of likely N-dealkylation sites (N-methyl/N-ethyl adjacent to an activating group) is 1. The van der Waals surface area contributed by atoms with Gasteiger partial charge in [-0.2, -0.15) is 13.2 Å². The largest absolute Gasteiger partial charge is 0.487 e. The standard InChI is InChI=1S/C23H21F3N6O2/c1-28-22(33)16-5-3-4-14(30-16)11-34-20-7-6-13(8-15(20)23(24,25)26)17-9-19-21(18(10-27)31-17)29-12-32(19)2/h3-9,27,29,31H,11-12H2,1-2H3,(H,28,33). The highest BCUT2D eigenvalue weighted by Crippen LogP contribution is 2.39. The first kappa shape index (κ1) is 22.9. The molecule has 0 aliphatic carbocycles. The fourth-order valence-electron chi connectivity index (χ4n) is 3.59. The first-order valence-corrected chi connectivity index (χ1v) is 10.2. The van der Waals surface area contributed by atoms with E-state index in [0.717, 1.165) is 11.8 Å². The van der Waals surface area contributed by atoms with E-state index >= 15 is 0 Å². The molecule has 11 heteroatoms. The smallest absolute Gasteiger partial charge is 0.419 e. The van der Waals surface area contributed by atoms with Crippen LogP contribution >= 0.6 is 0 Å². The zero-order chi connectivity index (χ0) is 24.5. The summed E-state index contributed by atoms with van der Waals surface area (Å²) < 4.78 is 47.1. The number of hydrogen-bond acceptors (Lipinski definition) is 7. The van der Waals surface area contributed by atoms with Crippen LogP contribution in [0.25, 0.3) is 5.70 Å². The second kappa shape index (κ2) is 8.95. The molecule has 1 aromatic heterocycles. The molecule has 0 unspecified atom stereocenters. The van der Waals surface area contributed by atoms with Gasteiger partial charge in [-0.3, -0.25) is 10.2 Å². The van der Waals surface area contributed by atoms with Gasteiger partial charge in [0.1, 0.15) is 23.7 Å². The molecule has 8 nitrogen and oxygen atoms in total. The number of nitrogens with one attached hydrogen (secondary N) is 4. The highest BCUT2D eigenvalue weighted by atomic mass is 19.4.